The summed E-state index contributed by atoms with van der Waals surface area (Å²) in [7, 11) is 0. The molecule has 1 fully saturated rings. The fourth-order valence-corrected chi connectivity index (χ4v) is 1.19. The second kappa shape index (κ2) is 3.57. The average molecular weight is 137 g/mol. The summed E-state index contributed by atoms with van der Waals surface area (Å²) in [5.41, 5.74) is 7.15. The van der Waals surface area contributed by atoms with Gasteiger partial charge in [0, 0.05) is 6.04 Å². The van der Waals surface area contributed by atoms with E-state index in [0.717, 1.165) is 25.7 Å². The van der Waals surface area contributed by atoms with E-state index in [4.69, 9.17) is 5.73 Å². The molecule has 0 atom stereocenters. The zero-order valence-corrected chi connectivity index (χ0v) is 6.34. The molecule has 56 valence electrons. The van der Waals surface area contributed by atoms with E-state index >= 15 is 0 Å². The summed E-state index contributed by atoms with van der Waals surface area (Å²) < 4.78 is 0. The Labute approximate surface area is 62.6 Å². The molecule has 1 heteroatoms. The van der Waals surface area contributed by atoms with Gasteiger partial charge in [-0.25, -0.2) is 0 Å². The molecule has 0 spiro atoms. The van der Waals surface area contributed by atoms with E-state index in [2.05, 4.69) is 12.7 Å². The van der Waals surface area contributed by atoms with E-state index in [1.54, 1.807) is 0 Å². The number of allylic oxidation sites excluding steroid dienone is 2. The highest BCUT2D eigenvalue weighted by molar-refractivity contribution is 5.15. The van der Waals surface area contributed by atoms with Crippen LogP contribution in [0.15, 0.2) is 24.3 Å². The molecule has 0 aromatic carbocycles. The Morgan fingerprint density at radius 1 is 1.50 bits per heavy atom. The topological polar surface area (TPSA) is 26.0 Å². The Morgan fingerprint density at radius 3 is 2.70 bits per heavy atom. The van der Waals surface area contributed by atoms with Crippen LogP contribution in [0, 0.1) is 0 Å². The molecular formula is C9H15N. The summed E-state index contributed by atoms with van der Waals surface area (Å²) in [6.45, 7) is 3.66. The fourth-order valence-electron chi connectivity index (χ4n) is 1.19. The highest BCUT2D eigenvalue weighted by Crippen LogP contribution is 2.24. The summed E-state index contributed by atoms with van der Waals surface area (Å²) >= 11 is 0. The molecule has 0 unspecified atom stereocenters. The number of hydrogen-bond donors (Lipinski definition) is 1. The predicted octanol–water partition coefficient (Wildman–Crippen LogP) is 2.00. The quantitative estimate of drug-likeness (QED) is 0.467. The summed E-state index contributed by atoms with van der Waals surface area (Å²) in [6, 6.07) is 0.454. The Bertz CT molecular complexity index is 139. The third-order valence-corrected chi connectivity index (χ3v) is 1.85. The number of unbranched alkanes of at least 4 members (excludes halogenated alkanes) is 1. The molecule has 10 heavy (non-hydrogen) atoms. The van der Waals surface area contributed by atoms with Crippen LogP contribution in [0.2, 0.25) is 0 Å². The van der Waals surface area contributed by atoms with Crippen molar-refractivity contribution in [3.63, 3.8) is 0 Å². The van der Waals surface area contributed by atoms with E-state index < -0.39 is 0 Å². The van der Waals surface area contributed by atoms with Crippen LogP contribution in [-0.2, 0) is 0 Å². The highest BCUT2D eigenvalue weighted by Gasteiger charge is 2.17. The van der Waals surface area contributed by atoms with Crippen LogP contribution in [0.1, 0.15) is 25.7 Å². The molecule has 0 amide bonds. The van der Waals surface area contributed by atoms with Gasteiger partial charge in [0.1, 0.15) is 0 Å². The molecule has 1 saturated carbocycles. The van der Waals surface area contributed by atoms with Crippen molar-refractivity contribution in [2.24, 2.45) is 5.73 Å². The van der Waals surface area contributed by atoms with Crippen molar-refractivity contribution in [2.75, 3.05) is 0 Å². The average Bonchev–Trinajstić information content (AvgIpc) is 1.85. The van der Waals surface area contributed by atoms with Gasteiger partial charge in [-0.2, -0.15) is 0 Å². The number of rotatable bonds is 3. The Morgan fingerprint density at radius 2 is 2.20 bits per heavy atom. The molecule has 0 bridgehead atoms. The lowest BCUT2D eigenvalue weighted by Crippen LogP contribution is -2.30. The van der Waals surface area contributed by atoms with Crippen molar-refractivity contribution in [2.45, 2.75) is 31.7 Å². The van der Waals surface area contributed by atoms with Crippen LogP contribution in [0.4, 0.5) is 0 Å². The van der Waals surface area contributed by atoms with E-state index in [9.17, 15) is 0 Å². The molecule has 0 heterocycles. The second-order valence-corrected chi connectivity index (χ2v) is 2.90. The van der Waals surface area contributed by atoms with Crippen LogP contribution in [0.3, 0.4) is 0 Å². The molecule has 0 aliphatic heterocycles. The first kappa shape index (κ1) is 7.55. The summed E-state index contributed by atoms with van der Waals surface area (Å²) in [5.74, 6) is 0. The van der Waals surface area contributed by atoms with Crippen molar-refractivity contribution < 1.29 is 0 Å². The third-order valence-electron chi connectivity index (χ3n) is 1.85. The summed E-state index contributed by atoms with van der Waals surface area (Å²) in [4.78, 5) is 0. The lowest BCUT2D eigenvalue weighted by atomic mass is 9.86. The standard InChI is InChI=1S/C9H15N/c1-2-3-4-5-8-6-9(10)7-8/h2,5,9H,1,3-4,6-7,10H2. The van der Waals surface area contributed by atoms with Gasteiger partial charge in [-0.15, -0.1) is 6.58 Å². The minimum Gasteiger partial charge on any atom is -0.327 e. The monoisotopic (exact) mass is 137 g/mol. The molecule has 0 aromatic heterocycles. The zero-order chi connectivity index (χ0) is 7.40. The maximum absolute atomic E-state index is 5.61. The molecule has 1 aliphatic carbocycles. The van der Waals surface area contributed by atoms with Crippen molar-refractivity contribution in [1.82, 2.24) is 0 Å². The van der Waals surface area contributed by atoms with Crippen LogP contribution in [0.5, 0.6) is 0 Å². The number of nitrogens with two attached hydrogens (primary N) is 1. The van der Waals surface area contributed by atoms with Crippen LogP contribution < -0.4 is 5.73 Å². The summed E-state index contributed by atoms with van der Waals surface area (Å²) in [5, 5.41) is 0. The minimum absolute atomic E-state index is 0.454. The predicted molar refractivity (Wildman–Crippen MR) is 44.7 cm³/mol. The lowest BCUT2D eigenvalue weighted by molar-refractivity contribution is 0.538. The zero-order valence-electron chi connectivity index (χ0n) is 6.34. The Balaban J connectivity index is 2.11. The molecule has 1 rings (SSSR count). The molecular weight excluding hydrogens is 122 g/mol. The van der Waals surface area contributed by atoms with E-state index in [1.807, 2.05) is 6.08 Å². The van der Waals surface area contributed by atoms with Gasteiger partial charge in [0.25, 0.3) is 0 Å². The smallest absolute Gasteiger partial charge is 0.0113 e. The number of hydrogen-bond acceptors (Lipinski definition) is 1. The maximum Gasteiger partial charge on any atom is 0.0113 e. The third kappa shape index (κ3) is 1.99. The first-order valence-electron chi connectivity index (χ1n) is 3.87. The maximum atomic E-state index is 5.61. The first-order chi connectivity index (χ1) is 4.83. The lowest BCUT2D eigenvalue weighted by Gasteiger charge is -2.25. The summed E-state index contributed by atoms with van der Waals surface area (Å²) in [6.07, 6.45) is 8.74. The Hall–Kier alpha value is -0.560. The largest absolute Gasteiger partial charge is 0.327 e. The van der Waals surface area contributed by atoms with E-state index in [-0.39, 0.29) is 0 Å². The van der Waals surface area contributed by atoms with Crippen molar-refractivity contribution in [1.29, 1.82) is 0 Å². The van der Waals surface area contributed by atoms with Gasteiger partial charge in [-0.05, 0) is 25.7 Å². The van der Waals surface area contributed by atoms with Crippen LogP contribution in [0.25, 0.3) is 0 Å². The van der Waals surface area contributed by atoms with Crippen molar-refractivity contribution in [3.8, 4) is 0 Å². The van der Waals surface area contributed by atoms with Crippen LogP contribution >= 0.6 is 0 Å². The van der Waals surface area contributed by atoms with Gasteiger partial charge in [-0.1, -0.05) is 17.7 Å². The van der Waals surface area contributed by atoms with Crippen molar-refractivity contribution >= 4 is 0 Å². The van der Waals surface area contributed by atoms with Gasteiger partial charge in [0.05, 0.1) is 0 Å². The van der Waals surface area contributed by atoms with Gasteiger partial charge < -0.3 is 5.73 Å². The van der Waals surface area contributed by atoms with Gasteiger partial charge >= 0.3 is 0 Å². The van der Waals surface area contributed by atoms with E-state index in [1.165, 1.54) is 5.57 Å². The van der Waals surface area contributed by atoms with Crippen LogP contribution in [-0.4, -0.2) is 6.04 Å². The van der Waals surface area contributed by atoms with Gasteiger partial charge in [0.15, 0.2) is 0 Å². The molecule has 0 aromatic rings. The molecule has 1 nitrogen and oxygen atoms in total. The minimum atomic E-state index is 0.454. The first-order valence-corrected chi connectivity index (χ1v) is 3.87. The Kier molecular flexibility index (Phi) is 2.69. The highest BCUT2D eigenvalue weighted by atomic mass is 14.7. The van der Waals surface area contributed by atoms with E-state index in [0.29, 0.717) is 6.04 Å². The molecule has 0 radical (unpaired) electrons. The SMILES string of the molecule is C=CCCC=C1CC(N)C1. The van der Waals surface area contributed by atoms with Gasteiger partial charge in [0.2, 0.25) is 0 Å². The molecule has 2 N–H and O–H groups in total. The normalized spacial score (nSPS) is 23.7. The molecule has 0 saturated heterocycles. The van der Waals surface area contributed by atoms with Gasteiger partial charge in [-0.3, -0.25) is 0 Å². The van der Waals surface area contributed by atoms with Crippen molar-refractivity contribution in [3.05, 3.63) is 24.3 Å². The molecule has 1 aliphatic rings. The fraction of sp³-hybridized carbons (Fsp3) is 0.556. The second-order valence-electron chi connectivity index (χ2n) is 2.90.